The molecule has 2 atom stereocenters. The molecular weight excluding hydrogens is 257 g/mol. The summed E-state index contributed by atoms with van der Waals surface area (Å²) in [5.74, 6) is 1.13. The molecule has 19 heavy (non-hydrogen) atoms. The van der Waals surface area contributed by atoms with Gasteiger partial charge in [-0.2, -0.15) is 11.8 Å². The lowest BCUT2D eigenvalue weighted by molar-refractivity contribution is 0.405. The maximum absolute atomic E-state index is 13.2. The Morgan fingerprint density at radius 1 is 1.47 bits per heavy atom. The molecule has 0 saturated carbocycles. The monoisotopic (exact) mass is 281 g/mol. The molecule has 1 aromatic carbocycles. The molecule has 1 heterocycles. The molecule has 0 spiro atoms. The van der Waals surface area contributed by atoms with Gasteiger partial charge in [0.05, 0.1) is 0 Å². The number of aryl methyl sites for hydroxylation is 1. The van der Waals surface area contributed by atoms with Crippen LogP contribution in [0.15, 0.2) is 18.2 Å². The fourth-order valence-corrected chi connectivity index (χ4v) is 4.35. The first-order valence-corrected chi connectivity index (χ1v) is 8.16. The van der Waals surface area contributed by atoms with Crippen molar-refractivity contribution >= 4 is 11.8 Å². The molecular formula is C16H24FNS. The van der Waals surface area contributed by atoms with E-state index in [1.807, 2.05) is 13.0 Å². The van der Waals surface area contributed by atoms with Gasteiger partial charge in [-0.3, -0.25) is 0 Å². The van der Waals surface area contributed by atoms with Crippen LogP contribution in [0.3, 0.4) is 0 Å². The second kappa shape index (κ2) is 6.27. The lowest BCUT2D eigenvalue weighted by atomic mass is 9.89. The summed E-state index contributed by atoms with van der Waals surface area (Å²) in [5, 5.41) is 3.64. The Morgan fingerprint density at radius 3 is 2.84 bits per heavy atom. The number of nitrogens with one attached hydrogen (secondary N) is 1. The van der Waals surface area contributed by atoms with Crippen molar-refractivity contribution in [3.05, 3.63) is 35.1 Å². The Bertz CT molecular complexity index is 427. The summed E-state index contributed by atoms with van der Waals surface area (Å²) >= 11 is 2.08. The Kier molecular flexibility index (Phi) is 4.91. The molecule has 106 valence electrons. The van der Waals surface area contributed by atoms with Crippen LogP contribution in [0.5, 0.6) is 0 Å². The van der Waals surface area contributed by atoms with Gasteiger partial charge in [0.25, 0.3) is 0 Å². The van der Waals surface area contributed by atoms with Crippen LogP contribution in [0.25, 0.3) is 0 Å². The number of likely N-dealkylation sites (N-methyl/N-ethyl adjacent to an activating group) is 1. The molecule has 1 aliphatic rings. The molecule has 1 nitrogen and oxygen atoms in total. The average Bonchev–Trinajstić information content (AvgIpc) is 2.80. The van der Waals surface area contributed by atoms with Crippen molar-refractivity contribution in [1.29, 1.82) is 0 Å². The first kappa shape index (κ1) is 14.9. The van der Waals surface area contributed by atoms with Gasteiger partial charge in [0, 0.05) is 10.8 Å². The van der Waals surface area contributed by atoms with Crippen LogP contribution in [0.4, 0.5) is 4.39 Å². The largest absolute Gasteiger partial charge is 0.313 e. The number of hydrogen-bond acceptors (Lipinski definition) is 2. The van der Waals surface area contributed by atoms with Crippen LogP contribution in [0.1, 0.15) is 37.8 Å². The van der Waals surface area contributed by atoms with Gasteiger partial charge < -0.3 is 5.32 Å². The minimum Gasteiger partial charge on any atom is -0.313 e. The van der Waals surface area contributed by atoms with Crippen LogP contribution in [0.2, 0.25) is 0 Å². The summed E-state index contributed by atoms with van der Waals surface area (Å²) in [6.45, 7) is 7.52. The van der Waals surface area contributed by atoms with Gasteiger partial charge in [0.2, 0.25) is 0 Å². The first-order valence-electron chi connectivity index (χ1n) is 7.17. The van der Waals surface area contributed by atoms with Crippen LogP contribution >= 0.6 is 11.8 Å². The predicted octanol–water partition coefficient (Wildman–Crippen LogP) is 3.94. The van der Waals surface area contributed by atoms with Crippen LogP contribution in [0, 0.1) is 12.7 Å². The maximum Gasteiger partial charge on any atom is 0.123 e. The third kappa shape index (κ3) is 3.51. The highest BCUT2D eigenvalue weighted by Gasteiger charge is 2.37. The van der Waals surface area contributed by atoms with Gasteiger partial charge in [-0.05, 0) is 68.7 Å². The van der Waals surface area contributed by atoms with Crippen molar-refractivity contribution in [2.45, 2.75) is 50.8 Å². The van der Waals surface area contributed by atoms with Crippen molar-refractivity contribution in [1.82, 2.24) is 5.32 Å². The molecule has 0 bridgehead atoms. The van der Waals surface area contributed by atoms with E-state index >= 15 is 0 Å². The molecule has 1 aromatic rings. The fraction of sp³-hybridized carbons (Fsp3) is 0.625. The average molecular weight is 281 g/mol. The predicted molar refractivity (Wildman–Crippen MR) is 82.4 cm³/mol. The van der Waals surface area contributed by atoms with Crippen molar-refractivity contribution < 1.29 is 4.39 Å². The molecule has 2 unspecified atom stereocenters. The fourth-order valence-electron chi connectivity index (χ4n) is 2.93. The zero-order chi connectivity index (χ0) is 13.9. The van der Waals surface area contributed by atoms with Crippen molar-refractivity contribution in [2.24, 2.45) is 0 Å². The standard InChI is InChI=1S/C16H24FNS/c1-4-18-15(16(3)8-5-9-19-16)11-13-6-7-14(17)10-12(13)2/h6-7,10,15,18H,4-5,8-9,11H2,1-3H3. The van der Waals surface area contributed by atoms with E-state index in [9.17, 15) is 4.39 Å². The highest BCUT2D eigenvalue weighted by Crippen LogP contribution is 2.41. The molecule has 1 fully saturated rings. The second-order valence-corrected chi connectivity index (χ2v) is 7.28. The topological polar surface area (TPSA) is 12.0 Å². The molecule has 2 rings (SSSR count). The minimum atomic E-state index is -0.136. The van der Waals surface area contributed by atoms with E-state index in [1.165, 1.54) is 24.2 Å². The summed E-state index contributed by atoms with van der Waals surface area (Å²) in [6.07, 6.45) is 3.57. The third-order valence-corrected chi connectivity index (χ3v) is 5.81. The van der Waals surface area contributed by atoms with E-state index in [2.05, 4.69) is 30.9 Å². The molecule has 1 saturated heterocycles. The number of thioether (sulfide) groups is 1. The minimum absolute atomic E-state index is 0.136. The third-order valence-electron chi connectivity index (χ3n) is 4.17. The molecule has 0 aliphatic carbocycles. The van der Waals surface area contributed by atoms with Crippen LogP contribution in [-0.4, -0.2) is 23.1 Å². The van der Waals surface area contributed by atoms with E-state index in [1.54, 1.807) is 12.1 Å². The quantitative estimate of drug-likeness (QED) is 0.877. The highest BCUT2D eigenvalue weighted by atomic mass is 32.2. The van der Waals surface area contributed by atoms with Crippen molar-refractivity contribution in [2.75, 3.05) is 12.3 Å². The second-order valence-electron chi connectivity index (χ2n) is 5.65. The molecule has 3 heteroatoms. The highest BCUT2D eigenvalue weighted by molar-refractivity contribution is 8.00. The van der Waals surface area contributed by atoms with E-state index in [0.717, 1.165) is 18.5 Å². The smallest absolute Gasteiger partial charge is 0.123 e. The van der Waals surface area contributed by atoms with E-state index in [0.29, 0.717) is 10.8 Å². The van der Waals surface area contributed by atoms with Gasteiger partial charge in [-0.1, -0.05) is 13.0 Å². The van der Waals surface area contributed by atoms with Crippen LogP contribution < -0.4 is 5.32 Å². The van der Waals surface area contributed by atoms with Crippen molar-refractivity contribution in [3.63, 3.8) is 0 Å². The zero-order valence-corrected chi connectivity index (χ0v) is 12.9. The molecule has 0 radical (unpaired) electrons. The first-order chi connectivity index (χ1) is 9.05. The van der Waals surface area contributed by atoms with Crippen molar-refractivity contribution in [3.8, 4) is 0 Å². The van der Waals surface area contributed by atoms with E-state index in [-0.39, 0.29) is 5.82 Å². The summed E-state index contributed by atoms with van der Waals surface area (Å²) in [6, 6.07) is 5.63. The maximum atomic E-state index is 13.2. The SMILES string of the molecule is CCNC(Cc1ccc(F)cc1C)C1(C)CCCS1. The molecule has 1 aliphatic heterocycles. The number of halogens is 1. The Balaban J connectivity index is 2.16. The Hall–Kier alpha value is -0.540. The molecule has 1 N–H and O–H groups in total. The van der Waals surface area contributed by atoms with Gasteiger partial charge in [-0.15, -0.1) is 0 Å². The number of hydrogen-bond donors (Lipinski definition) is 1. The summed E-state index contributed by atoms with van der Waals surface area (Å²) in [4.78, 5) is 0. The lowest BCUT2D eigenvalue weighted by Crippen LogP contribution is -2.46. The van der Waals surface area contributed by atoms with Crippen LogP contribution in [-0.2, 0) is 6.42 Å². The summed E-state index contributed by atoms with van der Waals surface area (Å²) in [7, 11) is 0. The number of rotatable bonds is 5. The zero-order valence-electron chi connectivity index (χ0n) is 12.1. The summed E-state index contributed by atoms with van der Waals surface area (Å²) < 4.78 is 13.5. The lowest BCUT2D eigenvalue weighted by Gasteiger charge is -2.34. The van der Waals surface area contributed by atoms with Gasteiger partial charge in [-0.25, -0.2) is 4.39 Å². The van der Waals surface area contributed by atoms with Gasteiger partial charge in [0.1, 0.15) is 5.82 Å². The molecule has 0 aromatic heterocycles. The Labute approximate surface area is 120 Å². The van der Waals surface area contributed by atoms with E-state index < -0.39 is 0 Å². The number of benzene rings is 1. The van der Waals surface area contributed by atoms with Gasteiger partial charge >= 0.3 is 0 Å². The normalized spacial score (nSPS) is 24.6. The Morgan fingerprint density at radius 2 is 2.26 bits per heavy atom. The van der Waals surface area contributed by atoms with Gasteiger partial charge in [0.15, 0.2) is 0 Å². The van der Waals surface area contributed by atoms with E-state index in [4.69, 9.17) is 0 Å². The molecule has 0 amide bonds. The summed E-state index contributed by atoms with van der Waals surface area (Å²) in [5.41, 5.74) is 2.33.